The molecule has 2 aromatic carbocycles. The van der Waals surface area contributed by atoms with Crippen LogP contribution in [0, 0.1) is 10.1 Å². The fourth-order valence-corrected chi connectivity index (χ4v) is 3.05. The van der Waals surface area contributed by atoms with Crippen LogP contribution < -0.4 is 10.3 Å². The van der Waals surface area contributed by atoms with E-state index in [-0.39, 0.29) is 23.8 Å². The van der Waals surface area contributed by atoms with Crippen molar-refractivity contribution in [3.8, 4) is 5.75 Å². The summed E-state index contributed by atoms with van der Waals surface area (Å²) >= 11 is 0. The Morgan fingerprint density at radius 1 is 1.28 bits per heavy atom. The highest BCUT2D eigenvalue weighted by atomic mass is 16.6. The van der Waals surface area contributed by atoms with Gasteiger partial charge in [0.15, 0.2) is 0 Å². The second-order valence-electron chi connectivity index (χ2n) is 6.52. The molecule has 9 nitrogen and oxygen atoms in total. The third kappa shape index (κ3) is 5.52. The summed E-state index contributed by atoms with van der Waals surface area (Å²) < 4.78 is 5.35. The Labute approximate surface area is 167 Å². The van der Waals surface area contributed by atoms with Crippen molar-refractivity contribution in [2.45, 2.75) is 12.8 Å². The average molecular weight is 398 g/mol. The Bertz CT molecular complexity index is 909. The number of carbonyl (C=O) groups excluding carboxylic acids is 1. The number of nitro groups is 1. The van der Waals surface area contributed by atoms with Gasteiger partial charge in [0.2, 0.25) is 5.91 Å². The maximum Gasteiger partial charge on any atom is 0.270 e. The summed E-state index contributed by atoms with van der Waals surface area (Å²) in [4.78, 5) is 24.7. The van der Waals surface area contributed by atoms with Gasteiger partial charge in [-0.2, -0.15) is 5.10 Å². The summed E-state index contributed by atoms with van der Waals surface area (Å²) in [7, 11) is 0. The molecule has 0 unspecified atom stereocenters. The Morgan fingerprint density at radius 2 is 2.03 bits per heavy atom. The largest absolute Gasteiger partial charge is 0.508 e. The molecule has 1 fully saturated rings. The first-order valence-electron chi connectivity index (χ1n) is 9.24. The molecule has 0 aromatic heterocycles. The normalized spacial score (nSPS) is 14.1. The first kappa shape index (κ1) is 20.3. The molecular weight excluding hydrogens is 376 g/mol. The lowest BCUT2D eigenvalue weighted by Gasteiger charge is -2.29. The number of aromatic hydroxyl groups is 1. The number of phenolic OH excluding ortho intramolecular Hbond substituents is 1. The Balaban J connectivity index is 1.66. The highest BCUT2D eigenvalue weighted by Crippen LogP contribution is 2.25. The van der Waals surface area contributed by atoms with Crippen LogP contribution in [0.5, 0.6) is 5.75 Å². The van der Waals surface area contributed by atoms with Crippen LogP contribution in [0.15, 0.2) is 47.6 Å². The number of hydrogen-bond donors (Lipinski definition) is 2. The number of hydrazone groups is 1. The van der Waals surface area contributed by atoms with E-state index in [9.17, 15) is 20.0 Å². The number of nitrogens with zero attached hydrogens (tertiary/aromatic N) is 3. The number of nitro benzene ring substituents is 1. The lowest BCUT2D eigenvalue weighted by Crippen LogP contribution is -2.36. The number of aryl methyl sites for hydroxylation is 1. The maximum absolute atomic E-state index is 12.0. The van der Waals surface area contributed by atoms with Crippen molar-refractivity contribution in [1.82, 2.24) is 5.43 Å². The minimum Gasteiger partial charge on any atom is -0.508 e. The van der Waals surface area contributed by atoms with Gasteiger partial charge in [-0.25, -0.2) is 5.43 Å². The lowest BCUT2D eigenvalue weighted by atomic mass is 10.1. The third-order valence-corrected chi connectivity index (χ3v) is 4.58. The van der Waals surface area contributed by atoms with Gasteiger partial charge in [0.1, 0.15) is 5.75 Å². The van der Waals surface area contributed by atoms with Gasteiger partial charge in [-0.05, 0) is 24.1 Å². The first-order chi connectivity index (χ1) is 14.0. The van der Waals surface area contributed by atoms with Crippen molar-refractivity contribution in [1.29, 1.82) is 0 Å². The highest BCUT2D eigenvalue weighted by molar-refractivity contribution is 5.90. The number of benzene rings is 2. The highest BCUT2D eigenvalue weighted by Gasteiger charge is 2.17. The molecule has 2 N–H and O–H groups in total. The molecule has 0 aliphatic carbocycles. The van der Waals surface area contributed by atoms with Crippen molar-refractivity contribution < 1.29 is 19.6 Å². The number of hydrogen-bond acceptors (Lipinski definition) is 7. The molecule has 0 saturated carbocycles. The van der Waals surface area contributed by atoms with Gasteiger partial charge in [0.25, 0.3) is 5.69 Å². The number of rotatable bonds is 7. The number of para-hydroxylation sites is 1. The molecule has 0 bridgehead atoms. The van der Waals surface area contributed by atoms with E-state index in [2.05, 4.69) is 15.4 Å². The predicted molar refractivity (Wildman–Crippen MR) is 108 cm³/mol. The van der Waals surface area contributed by atoms with Crippen molar-refractivity contribution >= 4 is 23.5 Å². The molecule has 9 heteroatoms. The van der Waals surface area contributed by atoms with Gasteiger partial charge >= 0.3 is 0 Å². The topological polar surface area (TPSA) is 117 Å². The summed E-state index contributed by atoms with van der Waals surface area (Å²) in [6.07, 6.45) is 1.94. The molecule has 152 valence electrons. The second-order valence-corrected chi connectivity index (χ2v) is 6.52. The molecule has 0 spiro atoms. The van der Waals surface area contributed by atoms with E-state index in [4.69, 9.17) is 4.74 Å². The Morgan fingerprint density at radius 3 is 2.76 bits per heavy atom. The maximum atomic E-state index is 12.0. The zero-order valence-electron chi connectivity index (χ0n) is 15.8. The number of nitrogens with one attached hydrogen (secondary N) is 1. The molecule has 3 rings (SSSR count). The van der Waals surface area contributed by atoms with Crippen LogP contribution in [-0.4, -0.2) is 48.5 Å². The zero-order valence-corrected chi connectivity index (χ0v) is 15.8. The van der Waals surface area contributed by atoms with Crippen molar-refractivity contribution in [2.75, 3.05) is 31.2 Å². The van der Waals surface area contributed by atoms with E-state index >= 15 is 0 Å². The molecule has 1 aliphatic rings. The molecule has 1 saturated heterocycles. The molecular formula is C20H22N4O5. The summed E-state index contributed by atoms with van der Waals surface area (Å²) in [5.74, 6) is -0.168. The van der Waals surface area contributed by atoms with E-state index in [1.807, 2.05) is 0 Å². The van der Waals surface area contributed by atoms with E-state index in [1.54, 1.807) is 30.3 Å². The molecule has 1 amide bonds. The molecule has 1 heterocycles. The van der Waals surface area contributed by atoms with Gasteiger partial charge in [-0.1, -0.05) is 18.2 Å². The predicted octanol–water partition coefficient (Wildman–Crippen LogP) is 2.22. The van der Waals surface area contributed by atoms with E-state index < -0.39 is 4.92 Å². The van der Waals surface area contributed by atoms with Crippen molar-refractivity contribution in [3.05, 3.63) is 63.7 Å². The molecule has 1 aliphatic heterocycles. The monoisotopic (exact) mass is 398 g/mol. The van der Waals surface area contributed by atoms with Crippen molar-refractivity contribution in [3.63, 3.8) is 0 Å². The molecule has 2 aromatic rings. The Kier molecular flexibility index (Phi) is 6.75. The summed E-state index contributed by atoms with van der Waals surface area (Å²) in [6, 6.07) is 11.4. The van der Waals surface area contributed by atoms with E-state index in [1.165, 1.54) is 18.3 Å². The third-order valence-electron chi connectivity index (χ3n) is 4.58. The lowest BCUT2D eigenvalue weighted by molar-refractivity contribution is -0.384. The number of phenols is 1. The number of amides is 1. The number of anilines is 1. The quantitative estimate of drug-likeness (QED) is 0.420. The summed E-state index contributed by atoms with van der Waals surface area (Å²) in [6.45, 7) is 2.50. The van der Waals surface area contributed by atoms with Crippen LogP contribution in [0.3, 0.4) is 0 Å². The van der Waals surface area contributed by atoms with Crippen LogP contribution in [0.2, 0.25) is 0 Å². The van der Waals surface area contributed by atoms with Crippen LogP contribution in [-0.2, 0) is 16.0 Å². The number of non-ortho nitro benzene ring substituents is 1. The summed E-state index contributed by atoms with van der Waals surface area (Å²) in [5, 5.41) is 24.8. The number of ether oxygens (including phenoxy) is 1. The number of carbonyl (C=O) groups is 1. The SMILES string of the molecule is O=C(CCc1ccccc1O)NN=Cc1cc([N+](=O)[O-])ccc1N1CCOCC1. The molecule has 0 atom stereocenters. The van der Waals surface area contributed by atoms with Crippen LogP contribution >= 0.6 is 0 Å². The van der Waals surface area contributed by atoms with Crippen LogP contribution in [0.4, 0.5) is 11.4 Å². The zero-order chi connectivity index (χ0) is 20.6. The van der Waals surface area contributed by atoms with E-state index in [0.29, 0.717) is 43.9 Å². The molecule has 0 radical (unpaired) electrons. The second kappa shape index (κ2) is 9.65. The van der Waals surface area contributed by atoms with Gasteiger partial charge < -0.3 is 14.7 Å². The smallest absolute Gasteiger partial charge is 0.270 e. The first-order valence-corrected chi connectivity index (χ1v) is 9.24. The summed E-state index contributed by atoms with van der Waals surface area (Å²) in [5.41, 5.74) is 4.41. The minimum absolute atomic E-state index is 0.0469. The fourth-order valence-electron chi connectivity index (χ4n) is 3.05. The standard InChI is InChI=1S/C20H22N4O5/c25-19-4-2-1-3-15(19)5-8-20(26)22-21-14-16-13-17(24(27)28)6-7-18(16)23-9-11-29-12-10-23/h1-4,6-7,13-14,25H,5,8-12H2,(H,22,26). The van der Waals surface area contributed by atoms with Gasteiger partial charge in [0.05, 0.1) is 24.4 Å². The van der Waals surface area contributed by atoms with E-state index in [0.717, 1.165) is 5.69 Å². The van der Waals surface area contributed by atoms with Crippen LogP contribution in [0.1, 0.15) is 17.5 Å². The van der Waals surface area contributed by atoms with Gasteiger partial charge in [-0.3, -0.25) is 14.9 Å². The number of morpholine rings is 1. The van der Waals surface area contributed by atoms with Gasteiger partial charge in [-0.15, -0.1) is 0 Å². The van der Waals surface area contributed by atoms with Crippen molar-refractivity contribution in [2.24, 2.45) is 5.10 Å². The fraction of sp³-hybridized carbons (Fsp3) is 0.300. The Hall–Kier alpha value is -3.46. The van der Waals surface area contributed by atoms with Gasteiger partial charge in [0, 0.05) is 42.9 Å². The minimum atomic E-state index is -0.467. The molecule has 29 heavy (non-hydrogen) atoms. The van der Waals surface area contributed by atoms with Crippen LogP contribution in [0.25, 0.3) is 0 Å². The average Bonchev–Trinajstić information content (AvgIpc) is 2.73.